The molecule has 0 spiro atoms. The summed E-state index contributed by atoms with van der Waals surface area (Å²) in [7, 11) is 0. The maximum absolute atomic E-state index is 12.0. The Morgan fingerprint density at radius 2 is 1.75 bits per heavy atom. The van der Waals surface area contributed by atoms with E-state index in [4.69, 9.17) is 0 Å². The number of para-hydroxylation sites is 1. The van der Waals surface area contributed by atoms with Gasteiger partial charge < -0.3 is 4.90 Å². The quantitative estimate of drug-likeness (QED) is 0.768. The summed E-state index contributed by atoms with van der Waals surface area (Å²) < 4.78 is 0. The Kier molecular flexibility index (Phi) is 3.82. The third-order valence-electron chi connectivity index (χ3n) is 3.91. The Bertz CT molecular complexity index is 591. The topological polar surface area (TPSA) is 20.3 Å². The Morgan fingerprint density at radius 3 is 2.60 bits per heavy atom. The van der Waals surface area contributed by atoms with E-state index in [1.807, 2.05) is 30.3 Å². The second-order valence-electron chi connectivity index (χ2n) is 5.26. The van der Waals surface area contributed by atoms with Gasteiger partial charge in [-0.1, -0.05) is 48.5 Å². The van der Waals surface area contributed by atoms with Crippen LogP contribution in [-0.4, -0.2) is 18.9 Å². The highest BCUT2D eigenvalue weighted by Gasteiger charge is 2.17. The highest BCUT2D eigenvalue weighted by molar-refractivity contribution is 5.95. The number of carbonyl (C=O) groups is 1. The summed E-state index contributed by atoms with van der Waals surface area (Å²) in [6, 6.07) is 18.1. The van der Waals surface area contributed by atoms with Crippen molar-refractivity contribution in [2.45, 2.75) is 19.3 Å². The van der Waals surface area contributed by atoms with Crippen molar-refractivity contribution in [1.29, 1.82) is 0 Å². The Labute approximate surface area is 120 Å². The molecule has 0 bridgehead atoms. The molecule has 1 aliphatic rings. The molecule has 0 amide bonds. The van der Waals surface area contributed by atoms with Gasteiger partial charge in [0.05, 0.1) is 0 Å². The van der Waals surface area contributed by atoms with E-state index >= 15 is 0 Å². The van der Waals surface area contributed by atoms with Crippen molar-refractivity contribution in [1.82, 2.24) is 0 Å². The van der Waals surface area contributed by atoms with Crippen LogP contribution in [0.1, 0.15) is 28.8 Å². The van der Waals surface area contributed by atoms with Crippen LogP contribution in [0.3, 0.4) is 0 Å². The molecule has 2 nitrogen and oxygen atoms in total. The Balaban J connectivity index is 1.53. The molecule has 0 aromatic heterocycles. The summed E-state index contributed by atoms with van der Waals surface area (Å²) in [6.07, 6.45) is 2.67. The zero-order valence-corrected chi connectivity index (χ0v) is 11.6. The molecule has 20 heavy (non-hydrogen) atoms. The van der Waals surface area contributed by atoms with Gasteiger partial charge >= 0.3 is 0 Å². The molecule has 102 valence electrons. The average molecular weight is 265 g/mol. The molecule has 2 aromatic carbocycles. The number of fused-ring (bicyclic) bond motifs is 1. The minimum Gasteiger partial charge on any atom is -0.371 e. The van der Waals surface area contributed by atoms with E-state index in [-0.39, 0.29) is 5.78 Å². The summed E-state index contributed by atoms with van der Waals surface area (Å²) >= 11 is 0. The first kappa shape index (κ1) is 12.9. The van der Waals surface area contributed by atoms with Gasteiger partial charge in [0.25, 0.3) is 0 Å². The highest BCUT2D eigenvalue weighted by atomic mass is 16.1. The first-order valence-electron chi connectivity index (χ1n) is 7.26. The van der Waals surface area contributed by atoms with Crippen molar-refractivity contribution in [3.63, 3.8) is 0 Å². The molecule has 2 heteroatoms. The largest absolute Gasteiger partial charge is 0.371 e. The van der Waals surface area contributed by atoms with Crippen molar-refractivity contribution in [2.24, 2.45) is 0 Å². The first-order chi connectivity index (χ1) is 9.84. The maximum atomic E-state index is 12.0. The van der Waals surface area contributed by atoms with Crippen LogP contribution >= 0.6 is 0 Å². The fourth-order valence-corrected chi connectivity index (χ4v) is 2.84. The molecule has 1 aliphatic heterocycles. The van der Waals surface area contributed by atoms with E-state index in [1.165, 1.54) is 11.3 Å². The van der Waals surface area contributed by atoms with Crippen LogP contribution in [0.2, 0.25) is 0 Å². The van der Waals surface area contributed by atoms with Gasteiger partial charge in [-0.2, -0.15) is 0 Å². The van der Waals surface area contributed by atoms with Crippen LogP contribution < -0.4 is 4.90 Å². The molecule has 0 N–H and O–H groups in total. The van der Waals surface area contributed by atoms with Crippen molar-refractivity contribution in [2.75, 3.05) is 18.0 Å². The van der Waals surface area contributed by atoms with Crippen molar-refractivity contribution in [3.8, 4) is 0 Å². The monoisotopic (exact) mass is 265 g/mol. The second-order valence-corrected chi connectivity index (χ2v) is 5.26. The number of benzene rings is 2. The van der Waals surface area contributed by atoms with Crippen molar-refractivity contribution >= 4 is 11.5 Å². The minimum atomic E-state index is 0.248. The third-order valence-corrected chi connectivity index (χ3v) is 3.91. The molecule has 0 saturated heterocycles. The fraction of sp³-hybridized carbons (Fsp3) is 0.278. The predicted octanol–water partition coefficient (Wildman–Crippen LogP) is 3.71. The van der Waals surface area contributed by atoms with Gasteiger partial charge in [-0.15, -0.1) is 0 Å². The van der Waals surface area contributed by atoms with Gasteiger partial charge in [0.2, 0.25) is 0 Å². The molecule has 0 radical (unpaired) electrons. The summed E-state index contributed by atoms with van der Waals surface area (Å²) in [5, 5.41) is 0. The maximum Gasteiger partial charge on any atom is 0.162 e. The Hall–Kier alpha value is -2.09. The van der Waals surface area contributed by atoms with Gasteiger partial charge in [-0.05, 0) is 24.5 Å². The number of rotatable bonds is 5. The SMILES string of the molecule is O=C(CCCN1CCc2ccccc21)c1ccccc1. The summed E-state index contributed by atoms with van der Waals surface area (Å²) in [4.78, 5) is 14.4. The van der Waals surface area contributed by atoms with E-state index in [9.17, 15) is 4.79 Å². The number of hydrogen-bond acceptors (Lipinski definition) is 2. The van der Waals surface area contributed by atoms with Crippen LogP contribution in [-0.2, 0) is 6.42 Å². The van der Waals surface area contributed by atoms with Crippen molar-refractivity contribution in [3.05, 3.63) is 65.7 Å². The number of hydrogen-bond donors (Lipinski definition) is 0. The molecular formula is C18H19NO. The summed E-state index contributed by atoms with van der Waals surface area (Å²) in [5.74, 6) is 0.248. The van der Waals surface area contributed by atoms with Gasteiger partial charge in [-0.3, -0.25) is 4.79 Å². The third kappa shape index (κ3) is 2.74. The zero-order valence-electron chi connectivity index (χ0n) is 11.6. The lowest BCUT2D eigenvalue weighted by molar-refractivity contribution is 0.0980. The van der Waals surface area contributed by atoms with Crippen LogP contribution in [0.25, 0.3) is 0 Å². The van der Waals surface area contributed by atoms with E-state index in [1.54, 1.807) is 0 Å². The molecular weight excluding hydrogens is 246 g/mol. The number of anilines is 1. The standard InChI is InChI=1S/C18H19NO/c20-18(16-8-2-1-3-9-16)11-6-13-19-14-12-15-7-4-5-10-17(15)19/h1-5,7-10H,6,11-14H2. The number of Topliss-reactive ketones (excluding diaryl/α,β-unsaturated/α-hetero) is 1. The molecule has 0 aliphatic carbocycles. The zero-order chi connectivity index (χ0) is 13.8. The Morgan fingerprint density at radius 1 is 1.00 bits per heavy atom. The minimum absolute atomic E-state index is 0.248. The van der Waals surface area contributed by atoms with E-state index in [0.29, 0.717) is 6.42 Å². The number of carbonyl (C=O) groups excluding carboxylic acids is 1. The average Bonchev–Trinajstić information content (AvgIpc) is 2.92. The smallest absolute Gasteiger partial charge is 0.162 e. The fourth-order valence-electron chi connectivity index (χ4n) is 2.84. The van der Waals surface area contributed by atoms with Gasteiger partial charge in [-0.25, -0.2) is 0 Å². The van der Waals surface area contributed by atoms with E-state index in [2.05, 4.69) is 29.2 Å². The lowest BCUT2D eigenvalue weighted by atomic mass is 10.1. The van der Waals surface area contributed by atoms with E-state index < -0.39 is 0 Å². The highest BCUT2D eigenvalue weighted by Crippen LogP contribution is 2.27. The lowest BCUT2D eigenvalue weighted by Crippen LogP contribution is -2.22. The normalized spacial score (nSPS) is 13.3. The van der Waals surface area contributed by atoms with Crippen LogP contribution in [0.4, 0.5) is 5.69 Å². The summed E-state index contributed by atoms with van der Waals surface area (Å²) in [6.45, 7) is 2.05. The van der Waals surface area contributed by atoms with Crippen molar-refractivity contribution < 1.29 is 4.79 Å². The molecule has 0 saturated carbocycles. The summed E-state index contributed by atoms with van der Waals surface area (Å²) in [5.41, 5.74) is 3.61. The molecule has 0 unspecified atom stereocenters. The predicted molar refractivity (Wildman–Crippen MR) is 82.4 cm³/mol. The molecule has 1 heterocycles. The van der Waals surface area contributed by atoms with Crippen LogP contribution in [0, 0.1) is 0 Å². The molecule has 0 atom stereocenters. The second kappa shape index (κ2) is 5.91. The lowest BCUT2D eigenvalue weighted by Gasteiger charge is -2.18. The number of ketones is 1. The van der Waals surface area contributed by atoms with Crippen LogP contribution in [0.15, 0.2) is 54.6 Å². The molecule has 3 rings (SSSR count). The number of nitrogens with zero attached hydrogens (tertiary/aromatic N) is 1. The van der Waals surface area contributed by atoms with Gasteiger partial charge in [0.15, 0.2) is 5.78 Å². The van der Waals surface area contributed by atoms with Crippen LogP contribution in [0.5, 0.6) is 0 Å². The van der Waals surface area contributed by atoms with E-state index in [0.717, 1.165) is 31.5 Å². The van der Waals surface area contributed by atoms with Gasteiger partial charge in [0.1, 0.15) is 0 Å². The van der Waals surface area contributed by atoms with Gasteiger partial charge in [0, 0.05) is 30.8 Å². The first-order valence-corrected chi connectivity index (χ1v) is 7.26. The molecule has 0 fully saturated rings. The molecule has 2 aromatic rings.